The molecule has 0 aliphatic carbocycles. The predicted molar refractivity (Wildman–Crippen MR) is 95.8 cm³/mol. The average molecular weight is 343 g/mol. The predicted octanol–water partition coefficient (Wildman–Crippen LogP) is 1.71. The molecular weight excluding hydrogens is 318 g/mol. The highest BCUT2D eigenvalue weighted by Crippen LogP contribution is 2.26. The van der Waals surface area contributed by atoms with Gasteiger partial charge in [0.05, 0.1) is 30.1 Å². The van der Waals surface area contributed by atoms with E-state index in [2.05, 4.69) is 10.1 Å². The van der Waals surface area contributed by atoms with E-state index in [-0.39, 0.29) is 12.0 Å². The van der Waals surface area contributed by atoms with Gasteiger partial charge in [0.15, 0.2) is 0 Å². The van der Waals surface area contributed by atoms with Crippen molar-refractivity contribution in [2.75, 3.05) is 38.7 Å². The van der Waals surface area contributed by atoms with Gasteiger partial charge in [0.25, 0.3) is 5.91 Å². The number of morpholine rings is 1. The molecule has 2 aromatic rings. The molecule has 0 aromatic carbocycles. The number of aryl methyl sites for hydroxylation is 3. The van der Waals surface area contributed by atoms with Crippen LogP contribution in [-0.2, 0) is 11.8 Å². The van der Waals surface area contributed by atoms with Crippen LogP contribution in [0.1, 0.15) is 33.5 Å². The molecule has 7 nitrogen and oxygen atoms in total. The maximum absolute atomic E-state index is 12.8. The fourth-order valence-electron chi connectivity index (χ4n) is 3.09. The van der Waals surface area contributed by atoms with Crippen molar-refractivity contribution in [3.8, 4) is 0 Å². The first-order valence-corrected chi connectivity index (χ1v) is 8.42. The normalized spacial score (nSPS) is 17.6. The van der Waals surface area contributed by atoms with Crippen molar-refractivity contribution in [3.63, 3.8) is 0 Å². The van der Waals surface area contributed by atoms with E-state index in [9.17, 15) is 4.79 Å². The number of carbonyl (C=O) groups is 1. The number of hydrogen-bond acceptors (Lipinski definition) is 5. The highest BCUT2D eigenvalue weighted by molar-refractivity contribution is 5.95. The summed E-state index contributed by atoms with van der Waals surface area (Å²) in [4.78, 5) is 21.3. The minimum Gasteiger partial charge on any atom is -0.378 e. The molecule has 134 valence electrons. The Morgan fingerprint density at radius 1 is 1.32 bits per heavy atom. The number of anilines is 1. The Bertz CT molecular complexity index is 784. The van der Waals surface area contributed by atoms with E-state index in [4.69, 9.17) is 4.74 Å². The van der Waals surface area contributed by atoms with Crippen LogP contribution in [0.4, 0.5) is 5.69 Å². The summed E-state index contributed by atoms with van der Waals surface area (Å²) in [5.74, 6) is -0.000568. The lowest BCUT2D eigenvalue weighted by atomic mass is 10.1. The maximum atomic E-state index is 12.8. The molecule has 3 heterocycles. The minimum atomic E-state index is -0.215. The zero-order valence-corrected chi connectivity index (χ0v) is 15.5. The number of ether oxygens (including phenoxy) is 1. The van der Waals surface area contributed by atoms with Crippen LogP contribution in [-0.4, -0.2) is 59.4 Å². The molecule has 0 radical (unpaired) electrons. The Balaban J connectivity index is 1.82. The summed E-state index contributed by atoms with van der Waals surface area (Å²) in [6, 6.07) is 4.06. The Labute approximate surface area is 148 Å². The van der Waals surface area contributed by atoms with E-state index < -0.39 is 0 Å². The molecule has 7 heteroatoms. The fraction of sp³-hybridized carbons (Fsp3) is 0.500. The van der Waals surface area contributed by atoms with Gasteiger partial charge in [-0.2, -0.15) is 5.10 Å². The molecule has 0 N–H and O–H groups in total. The van der Waals surface area contributed by atoms with Gasteiger partial charge in [-0.15, -0.1) is 0 Å². The fourth-order valence-corrected chi connectivity index (χ4v) is 3.09. The maximum Gasteiger partial charge on any atom is 0.257 e. The van der Waals surface area contributed by atoms with Crippen molar-refractivity contribution < 1.29 is 9.53 Å². The highest BCUT2D eigenvalue weighted by Gasteiger charge is 2.29. The van der Waals surface area contributed by atoms with Gasteiger partial charge < -0.3 is 14.5 Å². The lowest BCUT2D eigenvalue weighted by Gasteiger charge is -2.33. The molecule has 1 fully saturated rings. The second-order valence-electron chi connectivity index (χ2n) is 6.70. The molecule has 25 heavy (non-hydrogen) atoms. The summed E-state index contributed by atoms with van der Waals surface area (Å²) in [6.45, 7) is 5.41. The number of pyridine rings is 1. The third-order valence-corrected chi connectivity index (χ3v) is 4.40. The topological polar surface area (TPSA) is 63.5 Å². The zero-order valence-electron chi connectivity index (χ0n) is 15.5. The van der Waals surface area contributed by atoms with Crippen LogP contribution >= 0.6 is 0 Å². The van der Waals surface area contributed by atoms with Crippen molar-refractivity contribution in [1.29, 1.82) is 0 Å². The number of aromatic nitrogens is 3. The lowest BCUT2D eigenvalue weighted by Crippen LogP contribution is -2.42. The van der Waals surface area contributed by atoms with Crippen molar-refractivity contribution in [2.24, 2.45) is 7.05 Å². The Morgan fingerprint density at radius 3 is 2.72 bits per heavy atom. The second kappa shape index (κ2) is 6.84. The number of hydrogen-bond donors (Lipinski definition) is 0. The standard InChI is InChI=1S/C18H25N5O2/c1-12-8-14(21(3)4)9-16(19-12)17-11-23(6-7-25-17)18(24)15-10-22(5)20-13(15)2/h8-10,17H,6-7,11H2,1-5H3. The van der Waals surface area contributed by atoms with Gasteiger partial charge >= 0.3 is 0 Å². The molecule has 1 atom stereocenters. The molecule has 0 saturated carbocycles. The Kier molecular flexibility index (Phi) is 4.76. The first kappa shape index (κ1) is 17.4. The number of rotatable bonds is 3. The summed E-state index contributed by atoms with van der Waals surface area (Å²) in [6.07, 6.45) is 1.56. The Hall–Kier alpha value is -2.41. The molecule has 0 bridgehead atoms. The van der Waals surface area contributed by atoms with Crippen molar-refractivity contribution in [2.45, 2.75) is 20.0 Å². The Morgan fingerprint density at radius 2 is 2.08 bits per heavy atom. The molecule has 1 aliphatic heterocycles. The van der Waals surface area contributed by atoms with Gasteiger partial charge in [0, 0.05) is 45.3 Å². The van der Waals surface area contributed by atoms with Gasteiger partial charge in [-0.05, 0) is 26.0 Å². The van der Waals surface area contributed by atoms with Crippen molar-refractivity contribution >= 4 is 11.6 Å². The molecule has 1 unspecified atom stereocenters. The van der Waals surface area contributed by atoms with Crippen LogP contribution in [0.15, 0.2) is 18.3 Å². The highest BCUT2D eigenvalue weighted by atomic mass is 16.5. The summed E-state index contributed by atoms with van der Waals surface area (Å²) in [7, 11) is 5.83. The van der Waals surface area contributed by atoms with E-state index in [1.165, 1.54) is 0 Å². The van der Waals surface area contributed by atoms with Crippen LogP contribution < -0.4 is 4.90 Å². The average Bonchev–Trinajstić information content (AvgIpc) is 2.92. The van der Waals surface area contributed by atoms with Gasteiger partial charge in [-0.3, -0.25) is 14.5 Å². The van der Waals surface area contributed by atoms with Crippen LogP contribution in [0.5, 0.6) is 0 Å². The lowest BCUT2D eigenvalue weighted by molar-refractivity contribution is -0.0247. The van der Waals surface area contributed by atoms with Gasteiger partial charge in [0.2, 0.25) is 0 Å². The first-order chi connectivity index (χ1) is 11.8. The van der Waals surface area contributed by atoms with Crippen LogP contribution in [0.25, 0.3) is 0 Å². The summed E-state index contributed by atoms with van der Waals surface area (Å²) >= 11 is 0. The third-order valence-electron chi connectivity index (χ3n) is 4.40. The number of carbonyl (C=O) groups excluding carboxylic acids is 1. The number of amides is 1. The van der Waals surface area contributed by atoms with E-state index in [1.54, 1.807) is 10.9 Å². The molecule has 1 saturated heterocycles. The largest absolute Gasteiger partial charge is 0.378 e. The SMILES string of the molecule is Cc1cc(N(C)C)cc(C2CN(C(=O)c3cn(C)nc3C)CCO2)n1. The van der Waals surface area contributed by atoms with Gasteiger partial charge in [0.1, 0.15) is 6.10 Å². The summed E-state index contributed by atoms with van der Waals surface area (Å²) < 4.78 is 7.58. The van der Waals surface area contributed by atoms with E-state index >= 15 is 0 Å². The van der Waals surface area contributed by atoms with E-state index in [1.807, 2.05) is 56.9 Å². The quantitative estimate of drug-likeness (QED) is 0.849. The van der Waals surface area contributed by atoms with E-state index in [0.29, 0.717) is 25.3 Å². The number of nitrogens with zero attached hydrogens (tertiary/aromatic N) is 5. The minimum absolute atomic E-state index is 0.000568. The van der Waals surface area contributed by atoms with Crippen LogP contribution in [0.3, 0.4) is 0 Å². The molecule has 3 rings (SSSR count). The molecule has 1 aliphatic rings. The van der Waals surface area contributed by atoms with Gasteiger partial charge in [-0.1, -0.05) is 0 Å². The molecule has 2 aromatic heterocycles. The van der Waals surface area contributed by atoms with Crippen LogP contribution in [0.2, 0.25) is 0 Å². The van der Waals surface area contributed by atoms with Crippen molar-refractivity contribution in [3.05, 3.63) is 41.0 Å². The smallest absolute Gasteiger partial charge is 0.257 e. The van der Waals surface area contributed by atoms with Crippen LogP contribution in [0, 0.1) is 13.8 Å². The first-order valence-electron chi connectivity index (χ1n) is 8.42. The molecule has 1 amide bonds. The second-order valence-corrected chi connectivity index (χ2v) is 6.70. The van der Waals surface area contributed by atoms with Gasteiger partial charge in [-0.25, -0.2) is 0 Å². The van der Waals surface area contributed by atoms with E-state index in [0.717, 1.165) is 22.8 Å². The molecular formula is C18H25N5O2. The third kappa shape index (κ3) is 3.66. The summed E-state index contributed by atoms with van der Waals surface area (Å²) in [5, 5.41) is 4.27. The zero-order chi connectivity index (χ0) is 18.1. The monoisotopic (exact) mass is 343 g/mol. The summed E-state index contributed by atoms with van der Waals surface area (Å²) in [5.41, 5.74) is 4.28. The van der Waals surface area contributed by atoms with Crippen molar-refractivity contribution in [1.82, 2.24) is 19.7 Å². The molecule has 0 spiro atoms.